The second-order valence-corrected chi connectivity index (χ2v) is 5.35. The first kappa shape index (κ1) is 11.4. The van der Waals surface area contributed by atoms with Gasteiger partial charge in [0.2, 0.25) is 0 Å². The molecule has 1 aliphatic rings. The minimum absolute atomic E-state index is 0.578. The summed E-state index contributed by atoms with van der Waals surface area (Å²) in [5.41, 5.74) is 1.90. The van der Waals surface area contributed by atoms with Gasteiger partial charge < -0.3 is 9.73 Å². The summed E-state index contributed by atoms with van der Waals surface area (Å²) < 4.78 is 5.49. The fraction of sp³-hybridized carbons (Fsp3) is 0.385. The van der Waals surface area contributed by atoms with Crippen LogP contribution < -0.4 is 5.32 Å². The molecule has 1 fully saturated rings. The topological polar surface area (TPSA) is 25.2 Å². The van der Waals surface area contributed by atoms with Crippen LogP contribution in [0.25, 0.3) is 11.0 Å². The van der Waals surface area contributed by atoms with Gasteiger partial charge in [-0.2, -0.15) is 0 Å². The van der Waals surface area contributed by atoms with Crippen LogP contribution in [0.5, 0.6) is 0 Å². The number of rotatable bonds is 4. The number of hydrogen-bond acceptors (Lipinski definition) is 2. The van der Waals surface area contributed by atoms with E-state index in [0.29, 0.717) is 10.0 Å². The van der Waals surface area contributed by atoms with Gasteiger partial charge >= 0.3 is 0 Å². The molecule has 0 atom stereocenters. The van der Waals surface area contributed by atoms with Crippen LogP contribution in [-0.4, -0.2) is 12.6 Å². The normalized spacial score (nSPS) is 15.6. The van der Waals surface area contributed by atoms with E-state index in [1.165, 1.54) is 12.8 Å². The molecule has 2 nitrogen and oxygen atoms in total. The van der Waals surface area contributed by atoms with Crippen molar-refractivity contribution in [2.24, 2.45) is 0 Å². The van der Waals surface area contributed by atoms with Gasteiger partial charge in [-0.1, -0.05) is 23.2 Å². The number of fused-ring (bicyclic) bond motifs is 1. The van der Waals surface area contributed by atoms with Crippen molar-refractivity contribution in [3.05, 3.63) is 34.0 Å². The number of benzene rings is 1. The molecule has 1 aromatic carbocycles. The highest BCUT2D eigenvalue weighted by molar-refractivity contribution is 6.38. The molecule has 1 saturated carbocycles. The summed E-state index contributed by atoms with van der Waals surface area (Å²) in [5, 5.41) is 5.74. The van der Waals surface area contributed by atoms with E-state index in [1.807, 2.05) is 6.07 Å². The molecule has 2 aromatic rings. The van der Waals surface area contributed by atoms with Crippen molar-refractivity contribution in [2.75, 3.05) is 6.54 Å². The molecule has 90 valence electrons. The van der Waals surface area contributed by atoms with E-state index in [0.717, 1.165) is 35.5 Å². The van der Waals surface area contributed by atoms with Crippen molar-refractivity contribution >= 4 is 34.2 Å². The zero-order chi connectivity index (χ0) is 11.8. The highest BCUT2D eigenvalue weighted by Gasteiger charge is 2.20. The van der Waals surface area contributed by atoms with E-state index in [2.05, 4.69) is 5.32 Å². The molecule has 0 aliphatic heterocycles. The Hall–Kier alpha value is -0.700. The number of furan rings is 1. The smallest absolute Gasteiger partial charge is 0.152 e. The molecule has 4 heteroatoms. The van der Waals surface area contributed by atoms with Gasteiger partial charge in [0.05, 0.1) is 11.3 Å². The summed E-state index contributed by atoms with van der Waals surface area (Å²) in [6, 6.07) is 4.36. The van der Waals surface area contributed by atoms with Crippen molar-refractivity contribution in [2.45, 2.75) is 25.3 Å². The second kappa shape index (κ2) is 4.52. The maximum atomic E-state index is 6.08. The van der Waals surface area contributed by atoms with Gasteiger partial charge in [-0.3, -0.25) is 0 Å². The summed E-state index contributed by atoms with van der Waals surface area (Å²) in [6.07, 6.45) is 5.34. The van der Waals surface area contributed by atoms with E-state index >= 15 is 0 Å². The Morgan fingerprint density at radius 2 is 2.12 bits per heavy atom. The summed E-state index contributed by atoms with van der Waals surface area (Å²) in [4.78, 5) is 0. The average molecular weight is 270 g/mol. The number of nitrogens with one attached hydrogen (secondary N) is 1. The zero-order valence-electron chi connectivity index (χ0n) is 9.30. The highest BCUT2D eigenvalue weighted by Crippen LogP contribution is 2.31. The number of halogens is 2. The third-order valence-electron chi connectivity index (χ3n) is 3.08. The van der Waals surface area contributed by atoms with Crippen molar-refractivity contribution < 1.29 is 4.42 Å². The Balaban J connectivity index is 1.83. The maximum absolute atomic E-state index is 6.08. The van der Waals surface area contributed by atoms with E-state index < -0.39 is 0 Å². The van der Waals surface area contributed by atoms with E-state index in [1.54, 1.807) is 12.3 Å². The van der Waals surface area contributed by atoms with Crippen LogP contribution in [0.1, 0.15) is 18.4 Å². The molecule has 3 rings (SSSR count). The lowest BCUT2D eigenvalue weighted by Gasteiger charge is -2.01. The van der Waals surface area contributed by atoms with Crippen LogP contribution in [0.15, 0.2) is 22.8 Å². The summed E-state index contributed by atoms with van der Waals surface area (Å²) in [5.74, 6) is 0. The van der Waals surface area contributed by atoms with Gasteiger partial charge in [0.25, 0.3) is 0 Å². The standard InChI is InChI=1S/C13H13Cl2NO/c14-9-5-11-8(3-4-16-10-1-2-10)7-17-13(11)12(15)6-9/h5-7,10,16H,1-4H2. The SMILES string of the molecule is Clc1cc(Cl)c2occ(CCNC3CC3)c2c1. The van der Waals surface area contributed by atoms with Crippen LogP contribution in [0.3, 0.4) is 0 Å². The lowest BCUT2D eigenvalue weighted by Crippen LogP contribution is -2.19. The third kappa shape index (κ3) is 2.44. The number of hydrogen-bond donors (Lipinski definition) is 1. The second-order valence-electron chi connectivity index (χ2n) is 4.50. The molecule has 1 aliphatic carbocycles. The molecule has 1 N–H and O–H groups in total. The molecule has 1 heterocycles. The van der Waals surface area contributed by atoms with E-state index in [9.17, 15) is 0 Å². The van der Waals surface area contributed by atoms with Crippen molar-refractivity contribution in [3.8, 4) is 0 Å². The predicted octanol–water partition coefficient (Wildman–Crippen LogP) is 4.03. The molecular formula is C13H13Cl2NO. The van der Waals surface area contributed by atoms with Crippen molar-refractivity contribution in [1.29, 1.82) is 0 Å². The summed E-state index contributed by atoms with van der Waals surface area (Å²) in [6.45, 7) is 0.976. The maximum Gasteiger partial charge on any atom is 0.152 e. The quantitative estimate of drug-likeness (QED) is 0.907. The van der Waals surface area contributed by atoms with Gasteiger partial charge in [0.1, 0.15) is 0 Å². The van der Waals surface area contributed by atoms with Gasteiger partial charge in [-0.05, 0) is 43.5 Å². The minimum Gasteiger partial charge on any atom is -0.462 e. The molecule has 0 bridgehead atoms. The largest absolute Gasteiger partial charge is 0.462 e. The fourth-order valence-electron chi connectivity index (χ4n) is 2.00. The Morgan fingerprint density at radius 1 is 1.29 bits per heavy atom. The first-order valence-electron chi connectivity index (χ1n) is 5.82. The summed E-state index contributed by atoms with van der Waals surface area (Å²) >= 11 is 12.1. The van der Waals surface area contributed by atoms with Crippen LogP contribution in [0.2, 0.25) is 10.0 Å². The monoisotopic (exact) mass is 269 g/mol. The Bertz CT molecular complexity index is 546. The highest BCUT2D eigenvalue weighted by atomic mass is 35.5. The Labute approximate surface area is 110 Å². The van der Waals surface area contributed by atoms with E-state index in [-0.39, 0.29) is 0 Å². The van der Waals surface area contributed by atoms with Gasteiger partial charge in [-0.15, -0.1) is 0 Å². The zero-order valence-corrected chi connectivity index (χ0v) is 10.8. The Kier molecular flexibility index (Phi) is 3.03. The average Bonchev–Trinajstić information content (AvgIpc) is 3.01. The predicted molar refractivity (Wildman–Crippen MR) is 71.0 cm³/mol. The Morgan fingerprint density at radius 3 is 2.88 bits per heavy atom. The lowest BCUT2D eigenvalue weighted by molar-refractivity contribution is 0.606. The molecule has 0 amide bonds. The van der Waals surface area contributed by atoms with Gasteiger partial charge in [-0.25, -0.2) is 0 Å². The molecule has 0 spiro atoms. The minimum atomic E-state index is 0.578. The first-order chi connectivity index (χ1) is 8.24. The van der Waals surface area contributed by atoms with E-state index in [4.69, 9.17) is 27.6 Å². The van der Waals surface area contributed by atoms with Gasteiger partial charge in [0, 0.05) is 16.5 Å². The molecule has 1 aromatic heterocycles. The first-order valence-corrected chi connectivity index (χ1v) is 6.58. The molecule has 17 heavy (non-hydrogen) atoms. The molecular weight excluding hydrogens is 257 g/mol. The van der Waals surface area contributed by atoms with Crippen LogP contribution in [-0.2, 0) is 6.42 Å². The van der Waals surface area contributed by atoms with Crippen LogP contribution in [0, 0.1) is 0 Å². The lowest BCUT2D eigenvalue weighted by atomic mass is 10.1. The van der Waals surface area contributed by atoms with Crippen molar-refractivity contribution in [1.82, 2.24) is 5.32 Å². The molecule has 0 unspecified atom stereocenters. The molecule has 0 radical (unpaired) electrons. The fourth-order valence-corrected chi connectivity index (χ4v) is 2.54. The van der Waals surface area contributed by atoms with Crippen LogP contribution >= 0.6 is 23.2 Å². The summed E-state index contributed by atoms with van der Waals surface area (Å²) in [7, 11) is 0. The third-order valence-corrected chi connectivity index (χ3v) is 3.58. The van der Waals surface area contributed by atoms with Crippen LogP contribution in [0.4, 0.5) is 0 Å². The van der Waals surface area contributed by atoms with Gasteiger partial charge in [0.15, 0.2) is 5.58 Å². The van der Waals surface area contributed by atoms with Crippen molar-refractivity contribution in [3.63, 3.8) is 0 Å². The molecule has 0 saturated heterocycles.